The van der Waals surface area contributed by atoms with Gasteiger partial charge in [-0.2, -0.15) is 5.26 Å². The molecule has 0 aliphatic rings. The summed E-state index contributed by atoms with van der Waals surface area (Å²) < 4.78 is 7.29. The van der Waals surface area contributed by atoms with E-state index in [0.29, 0.717) is 32.1 Å². The number of allylic oxidation sites excluding steroid dienone is 1. The van der Waals surface area contributed by atoms with E-state index in [-0.39, 0.29) is 12.5 Å². The lowest BCUT2D eigenvalue weighted by Crippen LogP contribution is -2.20. The highest BCUT2D eigenvalue weighted by atomic mass is 79.9. The van der Waals surface area contributed by atoms with Gasteiger partial charge in [-0.15, -0.1) is 0 Å². The number of benzene rings is 3. The Labute approximate surface area is 202 Å². The zero-order valence-corrected chi connectivity index (χ0v) is 20.4. The maximum absolute atomic E-state index is 12.4. The van der Waals surface area contributed by atoms with Crippen molar-refractivity contribution in [2.75, 3.05) is 11.9 Å². The fourth-order valence-electron chi connectivity index (χ4n) is 2.86. The third kappa shape index (κ3) is 6.44. The Morgan fingerprint density at radius 1 is 1.16 bits per heavy atom. The molecule has 4 nitrogen and oxygen atoms in total. The molecule has 0 bridgehead atoms. The van der Waals surface area contributed by atoms with E-state index in [9.17, 15) is 10.1 Å². The first-order valence-electron chi connectivity index (χ1n) is 9.22. The van der Waals surface area contributed by atoms with E-state index in [1.165, 1.54) is 0 Å². The van der Waals surface area contributed by atoms with E-state index in [0.717, 1.165) is 15.6 Å². The fraction of sp³-hybridized carbons (Fsp3) is 0.0833. The van der Waals surface area contributed by atoms with Crippen LogP contribution >= 0.6 is 43.5 Å². The van der Waals surface area contributed by atoms with Gasteiger partial charge in [0.05, 0.1) is 16.1 Å². The summed E-state index contributed by atoms with van der Waals surface area (Å²) in [5, 5.41) is 13.1. The summed E-state index contributed by atoms with van der Waals surface area (Å²) in [4.78, 5) is 12.4. The number of amides is 1. The zero-order valence-electron chi connectivity index (χ0n) is 16.5. The van der Waals surface area contributed by atoms with Crippen molar-refractivity contribution in [3.05, 3.63) is 91.3 Å². The van der Waals surface area contributed by atoms with Gasteiger partial charge in [0.2, 0.25) is 0 Å². The monoisotopic (exact) mass is 558 g/mol. The first-order chi connectivity index (χ1) is 14.9. The summed E-state index contributed by atoms with van der Waals surface area (Å²) in [6.45, 7) is 1.77. The van der Waals surface area contributed by atoms with Crippen LogP contribution in [0.25, 0.3) is 11.6 Å². The number of aryl methyl sites for hydroxylation is 1. The normalized spacial score (nSPS) is 11.0. The lowest BCUT2D eigenvalue weighted by Gasteiger charge is -2.13. The number of nitrogens with zero attached hydrogens (tertiary/aromatic N) is 1. The minimum atomic E-state index is -0.284. The maximum Gasteiger partial charge on any atom is 0.262 e. The van der Waals surface area contributed by atoms with E-state index in [1.54, 1.807) is 30.3 Å². The number of halogens is 3. The van der Waals surface area contributed by atoms with Gasteiger partial charge in [-0.3, -0.25) is 4.79 Å². The molecule has 0 saturated heterocycles. The molecule has 0 fully saturated rings. The Morgan fingerprint density at radius 3 is 2.58 bits per heavy atom. The van der Waals surface area contributed by atoms with E-state index in [2.05, 4.69) is 43.2 Å². The molecule has 3 aromatic carbocycles. The molecule has 3 rings (SSSR count). The number of ether oxygens (including phenoxy) is 1. The van der Waals surface area contributed by atoms with Gasteiger partial charge >= 0.3 is 0 Å². The first-order valence-corrected chi connectivity index (χ1v) is 11.2. The lowest BCUT2D eigenvalue weighted by molar-refractivity contribution is -0.118. The topological polar surface area (TPSA) is 62.1 Å². The number of anilines is 1. The summed E-state index contributed by atoms with van der Waals surface area (Å²) in [6, 6.07) is 20.4. The molecular formula is C24H17Br2ClN2O2. The molecule has 1 amide bonds. The minimum absolute atomic E-state index is 0.183. The van der Waals surface area contributed by atoms with E-state index in [4.69, 9.17) is 16.3 Å². The van der Waals surface area contributed by atoms with Crippen molar-refractivity contribution in [2.45, 2.75) is 6.92 Å². The number of rotatable bonds is 6. The van der Waals surface area contributed by atoms with Gasteiger partial charge in [-0.25, -0.2) is 0 Å². The van der Waals surface area contributed by atoms with E-state index in [1.807, 2.05) is 43.3 Å². The Hall–Kier alpha value is -2.59. The van der Waals surface area contributed by atoms with Crippen molar-refractivity contribution >= 4 is 66.7 Å². The van der Waals surface area contributed by atoms with Crippen molar-refractivity contribution in [1.29, 1.82) is 5.26 Å². The Kier molecular flexibility index (Phi) is 7.91. The van der Waals surface area contributed by atoms with Crippen molar-refractivity contribution in [2.24, 2.45) is 0 Å². The van der Waals surface area contributed by atoms with Crippen molar-refractivity contribution in [3.63, 3.8) is 0 Å². The largest absolute Gasteiger partial charge is 0.482 e. The number of hydrogen-bond acceptors (Lipinski definition) is 3. The SMILES string of the molecule is Cc1cccc(NC(=O)COc2c(Br)cc(Br)cc2/C=C(\C#N)c2ccc(Cl)cc2)c1. The molecule has 31 heavy (non-hydrogen) atoms. The van der Waals surface area contributed by atoms with Gasteiger partial charge in [0.25, 0.3) is 5.91 Å². The predicted molar refractivity (Wildman–Crippen MR) is 132 cm³/mol. The summed E-state index contributed by atoms with van der Waals surface area (Å²) >= 11 is 12.9. The molecule has 3 aromatic rings. The molecule has 156 valence electrons. The molecular weight excluding hydrogens is 544 g/mol. The molecule has 0 spiro atoms. The summed E-state index contributed by atoms with van der Waals surface area (Å²) in [6.07, 6.45) is 1.71. The minimum Gasteiger partial charge on any atom is -0.482 e. The molecule has 0 unspecified atom stereocenters. The molecule has 1 N–H and O–H groups in total. The number of nitriles is 1. The lowest BCUT2D eigenvalue weighted by atomic mass is 10.0. The number of nitrogens with one attached hydrogen (secondary N) is 1. The van der Waals surface area contributed by atoms with Crippen molar-refractivity contribution in [3.8, 4) is 11.8 Å². The van der Waals surface area contributed by atoms with Gasteiger partial charge in [0.1, 0.15) is 5.75 Å². The maximum atomic E-state index is 12.4. The summed E-state index contributed by atoms with van der Waals surface area (Å²) in [5.41, 5.74) is 3.57. The second kappa shape index (κ2) is 10.6. The standard InChI is InChI=1S/C24H17Br2ClN2O2/c1-15-3-2-4-21(9-15)29-23(30)14-31-24-17(11-19(25)12-22(24)26)10-18(13-28)16-5-7-20(27)8-6-16/h2-12H,14H2,1H3,(H,29,30)/b18-10+. The highest BCUT2D eigenvalue weighted by molar-refractivity contribution is 9.11. The van der Waals surface area contributed by atoms with Crippen LogP contribution in [0, 0.1) is 18.3 Å². The molecule has 0 atom stereocenters. The van der Waals surface area contributed by atoms with Crippen LogP contribution in [0.5, 0.6) is 5.75 Å². The van der Waals surface area contributed by atoms with Crippen LogP contribution in [0.3, 0.4) is 0 Å². The highest BCUT2D eigenvalue weighted by Crippen LogP contribution is 2.35. The van der Waals surface area contributed by atoms with Crippen molar-refractivity contribution in [1.82, 2.24) is 0 Å². The first kappa shape index (κ1) is 23.1. The second-order valence-corrected chi connectivity index (χ2v) is 8.90. The van der Waals surface area contributed by atoms with Gasteiger partial charge in [-0.1, -0.05) is 51.8 Å². The van der Waals surface area contributed by atoms with Gasteiger partial charge in [0, 0.05) is 20.7 Å². The average molecular weight is 561 g/mol. The van der Waals surface area contributed by atoms with Crippen LogP contribution in [0.1, 0.15) is 16.7 Å². The Balaban J connectivity index is 1.85. The third-order valence-electron chi connectivity index (χ3n) is 4.26. The summed E-state index contributed by atoms with van der Waals surface area (Å²) in [7, 11) is 0. The Morgan fingerprint density at radius 2 is 1.90 bits per heavy atom. The van der Waals surface area contributed by atoms with E-state index < -0.39 is 0 Å². The predicted octanol–water partition coefficient (Wildman–Crippen LogP) is 7.26. The average Bonchev–Trinajstić information content (AvgIpc) is 2.72. The van der Waals surface area contributed by atoms with Crippen molar-refractivity contribution < 1.29 is 9.53 Å². The van der Waals surface area contributed by atoms with Crippen LogP contribution < -0.4 is 10.1 Å². The molecule has 0 heterocycles. The number of carbonyl (C=O) groups is 1. The van der Waals surface area contributed by atoms with Gasteiger partial charge in [-0.05, 0) is 76.5 Å². The van der Waals surface area contributed by atoms with Gasteiger partial charge in [0.15, 0.2) is 6.61 Å². The van der Waals surface area contributed by atoms with Crippen LogP contribution in [-0.4, -0.2) is 12.5 Å². The number of carbonyl (C=O) groups excluding carboxylic acids is 1. The van der Waals surface area contributed by atoms with Crippen LogP contribution in [0.15, 0.2) is 69.6 Å². The highest BCUT2D eigenvalue weighted by Gasteiger charge is 2.13. The molecule has 0 saturated carbocycles. The quantitative estimate of drug-likeness (QED) is 0.255. The molecule has 0 aliphatic heterocycles. The summed E-state index contributed by atoms with van der Waals surface area (Å²) in [5.74, 6) is 0.179. The molecule has 0 aromatic heterocycles. The molecule has 7 heteroatoms. The molecule has 0 radical (unpaired) electrons. The van der Waals surface area contributed by atoms with Crippen LogP contribution in [0.2, 0.25) is 5.02 Å². The second-order valence-electron chi connectivity index (χ2n) is 6.69. The fourth-order valence-corrected chi connectivity index (χ4v) is 4.36. The third-order valence-corrected chi connectivity index (χ3v) is 5.56. The van der Waals surface area contributed by atoms with Crippen LogP contribution in [-0.2, 0) is 4.79 Å². The Bertz CT molecular complexity index is 1190. The van der Waals surface area contributed by atoms with Gasteiger partial charge < -0.3 is 10.1 Å². The number of hydrogen-bond donors (Lipinski definition) is 1. The van der Waals surface area contributed by atoms with E-state index >= 15 is 0 Å². The van der Waals surface area contributed by atoms with Crippen LogP contribution in [0.4, 0.5) is 5.69 Å². The zero-order chi connectivity index (χ0) is 22.4. The smallest absolute Gasteiger partial charge is 0.262 e. The molecule has 0 aliphatic carbocycles.